The van der Waals surface area contributed by atoms with Gasteiger partial charge in [-0.05, 0) is 90.8 Å². The van der Waals surface area contributed by atoms with Gasteiger partial charge in [0.05, 0.1) is 41.0 Å². The van der Waals surface area contributed by atoms with Gasteiger partial charge in [0.1, 0.15) is 11.5 Å². The summed E-state index contributed by atoms with van der Waals surface area (Å²) in [6, 6.07) is 26.4. The highest BCUT2D eigenvalue weighted by Gasteiger charge is 2.70. The Morgan fingerprint density at radius 1 is 0.828 bits per heavy atom. The van der Waals surface area contributed by atoms with Crippen molar-refractivity contribution in [2.45, 2.75) is 49.6 Å². The standard InChI is InChI=1S/C45H41Cl3N4O6/c1-58-30-11-7-26(8-12-30)45-35(42(55)52(44(45)57)49-38-16-9-27(46)21-37(38)48)23-34-31(40(45)32-13-10-29(53)22-36(32)47)14-15-33-39(34)43(56)51(41(33)54)28-17-19-50(20-18-28)24-25-5-3-2-4-6-25/h2-14,16,21-22,28,33-35,39-40,49,53H,15,17-20,23-24H2,1H3/t33-,34+,35-,39-,40+,45+/m0/s1. The maximum Gasteiger partial charge on any atom is 0.260 e. The van der Waals surface area contributed by atoms with E-state index in [9.17, 15) is 14.7 Å². The van der Waals surface area contributed by atoms with Gasteiger partial charge >= 0.3 is 0 Å². The van der Waals surface area contributed by atoms with Crippen molar-refractivity contribution < 1.29 is 29.0 Å². The maximum absolute atomic E-state index is 15.5. The summed E-state index contributed by atoms with van der Waals surface area (Å²) in [5.41, 5.74) is 4.80. The van der Waals surface area contributed by atoms with Crippen LogP contribution in [0.4, 0.5) is 5.69 Å². The van der Waals surface area contributed by atoms with Gasteiger partial charge in [-0.2, -0.15) is 5.01 Å². The number of fused-ring (bicyclic) bond motifs is 4. The number of phenols is 1. The van der Waals surface area contributed by atoms with E-state index in [-0.39, 0.29) is 40.1 Å². The molecule has 58 heavy (non-hydrogen) atoms. The average Bonchev–Trinajstić information content (AvgIpc) is 3.60. The van der Waals surface area contributed by atoms with E-state index in [4.69, 9.17) is 39.5 Å². The van der Waals surface area contributed by atoms with E-state index in [1.54, 1.807) is 49.6 Å². The second kappa shape index (κ2) is 15.1. The third-order valence-electron chi connectivity index (χ3n) is 13.1. The van der Waals surface area contributed by atoms with Crippen molar-refractivity contribution in [2.75, 3.05) is 25.6 Å². The summed E-state index contributed by atoms with van der Waals surface area (Å²) in [6.07, 6.45) is 3.77. The number of allylic oxidation sites excluding steroid dienone is 2. The minimum absolute atomic E-state index is 0.0645. The first-order valence-electron chi connectivity index (χ1n) is 19.6. The topological polar surface area (TPSA) is 119 Å². The maximum atomic E-state index is 15.5. The fourth-order valence-corrected chi connectivity index (χ4v) is 11.2. The second-order valence-electron chi connectivity index (χ2n) is 16.0. The molecular formula is C45H41Cl3N4O6. The van der Waals surface area contributed by atoms with E-state index in [1.165, 1.54) is 28.7 Å². The molecule has 1 saturated carbocycles. The van der Waals surface area contributed by atoms with Crippen LogP contribution in [0.5, 0.6) is 11.5 Å². The van der Waals surface area contributed by atoms with Gasteiger partial charge in [-0.1, -0.05) is 95.0 Å². The van der Waals surface area contributed by atoms with Gasteiger partial charge in [-0.3, -0.25) is 34.4 Å². The van der Waals surface area contributed by atoms with E-state index in [1.807, 2.05) is 24.3 Å². The first-order chi connectivity index (χ1) is 28.0. The molecule has 0 aromatic heterocycles. The number of anilines is 1. The minimum atomic E-state index is -1.57. The van der Waals surface area contributed by atoms with E-state index >= 15 is 9.59 Å². The molecule has 3 heterocycles. The fourth-order valence-electron chi connectivity index (χ4n) is 10.5. The zero-order valence-corrected chi connectivity index (χ0v) is 33.9. The van der Waals surface area contributed by atoms with Crippen LogP contribution in [0.15, 0.2) is 103 Å². The number of rotatable bonds is 8. The first kappa shape index (κ1) is 38.6. The van der Waals surface area contributed by atoms with E-state index in [0.717, 1.165) is 30.2 Å². The number of carbonyl (C=O) groups excluding carboxylic acids is 4. The van der Waals surface area contributed by atoms with Crippen molar-refractivity contribution >= 4 is 64.1 Å². The number of methoxy groups -OCH3 is 1. The van der Waals surface area contributed by atoms with Gasteiger partial charge in [-0.25, -0.2) is 0 Å². The molecule has 10 nitrogen and oxygen atoms in total. The molecule has 0 spiro atoms. The molecule has 3 aliphatic heterocycles. The molecule has 298 valence electrons. The van der Waals surface area contributed by atoms with Crippen molar-refractivity contribution in [1.82, 2.24) is 14.8 Å². The molecular weight excluding hydrogens is 799 g/mol. The molecule has 0 unspecified atom stereocenters. The zero-order valence-electron chi connectivity index (χ0n) is 31.6. The molecule has 2 aliphatic carbocycles. The predicted molar refractivity (Wildman–Crippen MR) is 220 cm³/mol. The number of carbonyl (C=O) groups is 4. The summed E-state index contributed by atoms with van der Waals surface area (Å²) >= 11 is 19.8. The molecule has 0 bridgehead atoms. The Kier molecular flexibility index (Phi) is 10.0. The van der Waals surface area contributed by atoms with Crippen LogP contribution >= 0.6 is 34.8 Å². The van der Waals surface area contributed by atoms with Crippen LogP contribution in [0.2, 0.25) is 15.1 Å². The highest BCUT2D eigenvalue weighted by Crippen LogP contribution is 2.65. The van der Waals surface area contributed by atoms with Crippen LogP contribution in [-0.4, -0.2) is 69.8 Å². The summed E-state index contributed by atoms with van der Waals surface area (Å²) in [7, 11) is 1.55. The lowest BCUT2D eigenvalue weighted by atomic mass is 9.49. The molecule has 5 aliphatic rings. The Morgan fingerprint density at radius 2 is 1.57 bits per heavy atom. The van der Waals surface area contributed by atoms with Crippen molar-refractivity contribution in [3.63, 3.8) is 0 Å². The third-order valence-corrected chi connectivity index (χ3v) is 14.0. The summed E-state index contributed by atoms with van der Waals surface area (Å²) in [5, 5.41) is 12.3. The second-order valence-corrected chi connectivity index (χ2v) is 17.2. The number of likely N-dealkylation sites (tertiary alicyclic amines) is 2. The number of benzene rings is 4. The number of aromatic hydroxyl groups is 1. The lowest BCUT2D eigenvalue weighted by Crippen LogP contribution is -2.53. The monoisotopic (exact) mass is 838 g/mol. The number of halogens is 3. The Balaban J connectivity index is 1.12. The number of phenolic OH excluding ortho intramolecular Hbond substituents is 1. The Morgan fingerprint density at radius 3 is 2.26 bits per heavy atom. The average molecular weight is 840 g/mol. The molecule has 4 aromatic carbocycles. The van der Waals surface area contributed by atoms with E-state index < -0.39 is 46.8 Å². The molecule has 2 N–H and O–H groups in total. The van der Waals surface area contributed by atoms with Gasteiger partial charge in [0.15, 0.2) is 0 Å². The van der Waals surface area contributed by atoms with Crippen molar-refractivity contribution in [3.05, 3.63) is 134 Å². The normalized spacial score (nSPS) is 27.3. The lowest BCUT2D eigenvalue weighted by Gasteiger charge is -2.50. The summed E-state index contributed by atoms with van der Waals surface area (Å²) < 4.78 is 5.49. The SMILES string of the molecule is COc1ccc([C@@]23C(=O)N(Nc4ccc(Cl)cc4Cl)C(=O)[C@@H]2C[C@@H]2C(=CC[C@@H]4C(=O)N(C5CCN(Cc6ccccc6)CC5)C(=O)[C@@H]42)[C@@H]3c2ccc(O)cc2Cl)cc1. The summed E-state index contributed by atoms with van der Waals surface area (Å²) in [4.78, 5) is 63.6. The molecule has 4 aromatic rings. The third kappa shape index (κ3) is 6.19. The van der Waals surface area contributed by atoms with Gasteiger partial charge in [-0.15, -0.1) is 0 Å². The van der Waals surface area contributed by atoms with Crippen LogP contribution < -0.4 is 10.2 Å². The van der Waals surface area contributed by atoms with E-state index in [2.05, 4.69) is 22.5 Å². The molecule has 4 fully saturated rings. The van der Waals surface area contributed by atoms with Crippen molar-refractivity contribution in [3.8, 4) is 11.5 Å². The zero-order chi connectivity index (χ0) is 40.5. The fraction of sp³-hybridized carbons (Fsp3) is 0.333. The highest BCUT2D eigenvalue weighted by molar-refractivity contribution is 6.36. The lowest BCUT2D eigenvalue weighted by molar-refractivity contribution is -0.144. The quantitative estimate of drug-likeness (QED) is 0.135. The first-order valence-corrected chi connectivity index (χ1v) is 20.7. The number of ether oxygens (including phenoxy) is 1. The van der Waals surface area contributed by atoms with E-state index in [0.29, 0.717) is 46.8 Å². The number of piperidine rings is 1. The Labute approximate surface area is 351 Å². The Bertz CT molecular complexity index is 2350. The van der Waals surface area contributed by atoms with Crippen LogP contribution in [0.25, 0.3) is 0 Å². The van der Waals surface area contributed by atoms with Crippen molar-refractivity contribution in [2.24, 2.45) is 23.7 Å². The molecule has 3 saturated heterocycles. The summed E-state index contributed by atoms with van der Waals surface area (Å²) in [6.45, 7) is 2.31. The van der Waals surface area contributed by atoms with Gasteiger partial charge in [0.2, 0.25) is 11.8 Å². The smallest absolute Gasteiger partial charge is 0.260 e. The number of hydrogen-bond donors (Lipinski definition) is 2. The number of hydrogen-bond acceptors (Lipinski definition) is 8. The molecule has 13 heteroatoms. The molecule has 0 radical (unpaired) electrons. The molecule has 6 atom stereocenters. The van der Waals surface area contributed by atoms with Gasteiger partial charge in [0, 0.05) is 41.6 Å². The largest absolute Gasteiger partial charge is 0.508 e. The minimum Gasteiger partial charge on any atom is -0.508 e. The van der Waals surface area contributed by atoms with Crippen molar-refractivity contribution in [1.29, 1.82) is 0 Å². The predicted octanol–water partition coefficient (Wildman–Crippen LogP) is 8.01. The molecule has 4 amide bonds. The van der Waals surface area contributed by atoms with Gasteiger partial charge < -0.3 is 9.84 Å². The van der Waals surface area contributed by atoms with Crippen LogP contribution in [0, 0.1) is 23.7 Å². The summed E-state index contributed by atoms with van der Waals surface area (Å²) in [5.74, 6) is -4.68. The number of imide groups is 2. The number of hydrazine groups is 1. The number of nitrogens with one attached hydrogen (secondary N) is 1. The van der Waals surface area contributed by atoms with Crippen LogP contribution in [-0.2, 0) is 31.1 Å². The van der Waals surface area contributed by atoms with Gasteiger partial charge in [0.25, 0.3) is 11.8 Å². The number of nitrogens with zero attached hydrogens (tertiary/aromatic N) is 3. The molecule has 9 rings (SSSR count). The Hall–Kier alpha value is -4.87. The van der Waals surface area contributed by atoms with Crippen LogP contribution in [0.1, 0.15) is 48.3 Å². The highest BCUT2D eigenvalue weighted by atomic mass is 35.5. The van der Waals surface area contributed by atoms with Crippen LogP contribution in [0.3, 0.4) is 0 Å². The number of amides is 4.